The van der Waals surface area contributed by atoms with E-state index >= 15 is 0 Å². The minimum Gasteiger partial charge on any atom is -0.497 e. The lowest BCUT2D eigenvalue weighted by Gasteiger charge is -2.17. The Morgan fingerprint density at radius 2 is 1.73 bits per heavy atom. The summed E-state index contributed by atoms with van der Waals surface area (Å²) in [5.41, 5.74) is 5.74. The Morgan fingerprint density at radius 1 is 1.00 bits per heavy atom. The van der Waals surface area contributed by atoms with Crippen molar-refractivity contribution in [2.24, 2.45) is 5.10 Å². The number of hydrogen-bond donors (Lipinski definition) is 3. The van der Waals surface area contributed by atoms with Gasteiger partial charge >= 0.3 is 0 Å². The second-order valence-electron chi connectivity index (χ2n) is 7.46. The molecule has 0 saturated heterocycles. The number of H-pyrrole nitrogens is 1. The monoisotopic (exact) mass is 440 g/mol. The number of rotatable bonds is 8. The van der Waals surface area contributed by atoms with Crippen LogP contribution in [-0.4, -0.2) is 36.2 Å². The van der Waals surface area contributed by atoms with Crippen molar-refractivity contribution in [2.45, 2.75) is 12.5 Å². The highest BCUT2D eigenvalue weighted by molar-refractivity contribution is 5.98. The van der Waals surface area contributed by atoms with Crippen molar-refractivity contribution in [2.75, 3.05) is 7.11 Å². The third kappa shape index (κ3) is 5.46. The number of hydrogen-bond acceptors (Lipinski definition) is 4. The van der Waals surface area contributed by atoms with Crippen LogP contribution in [0.2, 0.25) is 0 Å². The van der Waals surface area contributed by atoms with Crippen LogP contribution in [0.1, 0.15) is 21.5 Å². The Bertz CT molecular complexity index is 1260. The lowest BCUT2D eigenvalue weighted by molar-refractivity contribution is -0.122. The SMILES string of the molecule is COc1ccc(/C=N/NC(=O)C(Cc2c[nH]c3ccccc23)NC(=O)c2ccccc2)cc1. The van der Waals surface area contributed by atoms with E-state index < -0.39 is 11.9 Å². The average Bonchev–Trinajstić information content (AvgIpc) is 3.27. The first-order chi connectivity index (χ1) is 16.1. The number of nitrogens with zero attached hydrogens (tertiary/aromatic N) is 1. The highest BCUT2D eigenvalue weighted by Gasteiger charge is 2.23. The Hall–Kier alpha value is -4.39. The Kier molecular flexibility index (Phi) is 6.80. The Labute approximate surface area is 191 Å². The quantitative estimate of drug-likeness (QED) is 0.288. The summed E-state index contributed by atoms with van der Waals surface area (Å²) < 4.78 is 5.14. The second-order valence-corrected chi connectivity index (χ2v) is 7.46. The molecule has 0 aliphatic heterocycles. The van der Waals surface area contributed by atoms with Crippen LogP contribution in [0.4, 0.5) is 0 Å². The molecule has 7 heteroatoms. The van der Waals surface area contributed by atoms with Crippen molar-refractivity contribution in [1.82, 2.24) is 15.7 Å². The number of carbonyl (C=O) groups is 2. The maximum Gasteiger partial charge on any atom is 0.262 e. The summed E-state index contributed by atoms with van der Waals surface area (Å²) in [7, 11) is 1.60. The van der Waals surface area contributed by atoms with E-state index in [1.807, 2.05) is 60.8 Å². The molecule has 4 aromatic rings. The van der Waals surface area contributed by atoms with Gasteiger partial charge in [0, 0.05) is 29.1 Å². The first-order valence-corrected chi connectivity index (χ1v) is 10.5. The van der Waals surface area contributed by atoms with Gasteiger partial charge in [-0.3, -0.25) is 9.59 Å². The molecule has 2 amide bonds. The van der Waals surface area contributed by atoms with Crippen molar-refractivity contribution >= 4 is 28.9 Å². The molecule has 0 radical (unpaired) electrons. The van der Waals surface area contributed by atoms with Crippen LogP contribution >= 0.6 is 0 Å². The molecule has 1 atom stereocenters. The van der Waals surface area contributed by atoms with Crippen LogP contribution in [0.3, 0.4) is 0 Å². The molecule has 3 N–H and O–H groups in total. The molecular formula is C26H24N4O3. The van der Waals surface area contributed by atoms with Gasteiger partial charge in [0.15, 0.2) is 0 Å². The molecule has 0 fully saturated rings. The van der Waals surface area contributed by atoms with E-state index in [0.29, 0.717) is 12.0 Å². The number of benzene rings is 3. The lowest BCUT2D eigenvalue weighted by Crippen LogP contribution is -2.46. The van der Waals surface area contributed by atoms with E-state index in [4.69, 9.17) is 4.74 Å². The van der Waals surface area contributed by atoms with Gasteiger partial charge in [0.1, 0.15) is 11.8 Å². The van der Waals surface area contributed by atoms with Crippen molar-refractivity contribution in [3.63, 3.8) is 0 Å². The number of nitrogens with one attached hydrogen (secondary N) is 3. The van der Waals surface area contributed by atoms with Gasteiger partial charge < -0.3 is 15.0 Å². The smallest absolute Gasteiger partial charge is 0.262 e. The second kappa shape index (κ2) is 10.3. The fourth-order valence-corrected chi connectivity index (χ4v) is 3.50. The summed E-state index contributed by atoms with van der Waals surface area (Å²) in [5.74, 6) is 0.00246. The molecule has 7 nitrogen and oxygen atoms in total. The topological polar surface area (TPSA) is 95.6 Å². The van der Waals surface area contributed by atoms with Crippen LogP contribution in [0, 0.1) is 0 Å². The zero-order valence-corrected chi connectivity index (χ0v) is 18.1. The lowest BCUT2D eigenvalue weighted by atomic mass is 10.0. The van der Waals surface area contributed by atoms with E-state index in [0.717, 1.165) is 27.8 Å². The first kappa shape index (κ1) is 21.8. The Morgan fingerprint density at radius 3 is 2.48 bits per heavy atom. The molecule has 0 aliphatic rings. The summed E-state index contributed by atoms with van der Waals surface area (Å²) in [6.07, 6.45) is 3.71. The predicted molar refractivity (Wildman–Crippen MR) is 128 cm³/mol. The maximum absolute atomic E-state index is 13.0. The standard InChI is InChI=1S/C26H24N4O3/c1-33-21-13-11-18(12-14-21)16-28-30-26(32)24(29-25(31)19-7-3-2-4-8-19)15-20-17-27-23-10-6-5-9-22(20)23/h2-14,16-17,24,27H,15H2,1H3,(H,29,31)(H,30,32)/b28-16+. The van der Waals surface area contributed by atoms with Gasteiger partial charge in [-0.1, -0.05) is 36.4 Å². The van der Waals surface area contributed by atoms with Gasteiger partial charge in [0.25, 0.3) is 11.8 Å². The zero-order valence-electron chi connectivity index (χ0n) is 18.1. The number of aromatic amines is 1. The number of ether oxygens (including phenoxy) is 1. The molecule has 0 bridgehead atoms. The normalized spacial score (nSPS) is 11.9. The molecular weight excluding hydrogens is 416 g/mol. The molecule has 4 rings (SSSR count). The summed E-state index contributed by atoms with van der Waals surface area (Å²) in [4.78, 5) is 29.0. The molecule has 0 aliphatic carbocycles. The summed E-state index contributed by atoms with van der Waals surface area (Å²) >= 11 is 0. The Balaban J connectivity index is 1.51. The number of fused-ring (bicyclic) bond motifs is 1. The van der Waals surface area contributed by atoms with Gasteiger partial charge in [-0.2, -0.15) is 5.10 Å². The van der Waals surface area contributed by atoms with Gasteiger partial charge in [-0.15, -0.1) is 0 Å². The van der Waals surface area contributed by atoms with E-state index in [2.05, 4.69) is 20.8 Å². The first-order valence-electron chi connectivity index (χ1n) is 10.5. The maximum atomic E-state index is 13.0. The molecule has 3 aromatic carbocycles. The highest BCUT2D eigenvalue weighted by atomic mass is 16.5. The van der Waals surface area contributed by atoms with Crippen LogP contribution < -0.4 is 15.5 Å². The minimum absolute atomic E-state index is 0.312. The summed E-state index contributed by atoms with van der Waals surface area (Å²) in [6, 6.07) is 23.1. The van der Waals surface area contributed by atoms with Gasteiger partial charge in [0.2, 0.25) is 0 Å². The average molecular weight is 441 g/mol. The molecule has 1 heterocycles. The van der Waals surface area contributed by atoms with Crippen LogP contribution in [0.15, 0.2) is 90.2 Å². The number of amides is 2. The van der Waals surface area contributed by atoms with Gasteiger partial charge in [0.05, 0.1) is 13.3 Å². The molecule has 166 valence electrons. The number of carbonyl (C=O) groups excluding carboxylic acids is 2. The molecule has 1 unspecified atom stereocenters. The zero-order chi connectivity index (χ0) is 23.0. The van der Waals surface area contributed by atoms with Gasteiger partial charge in [-0.25, -0.2) is 5.43 Å². The molecule has 0 spiro atoms. The number of methoxy groups -OCH3 is 1. The van der Waals surface area contributed by atoms with Crippen molar-refractivity contribution in [1.29, 1.82) is 0 Å². The van der Waals surface area contributed by atoms with E-state index in [-0.39, 0.29) is 5.91 Å². The van der Waals surface area contributed by atoms with Gasteiger partial charge in [-0.05, 0) is 53.6 Å². The molecule has 33 heavy (non-hydrogen) atoms. The van der Waals surface area contributed by atoms with Crippen molar-refractivity contribution in [3.05, 3.63) is 102 Å². The van der Waals surface area contributed by atoms with E-state index in [1.165, 1.54) is 0 Å². The molecule has 1 aromatic heterocycles. The van der Waals surface area contributed by atoms with Crippen LogP contribution in [-0.2, 0) is 11.2 Å². The largest absolute Gasteiger partial charge is 0.497 e. The number of hydrazone groups is 1. The predicted octanol–water partition coefficient (Wildman–Crippen LogP) is 3.67. The summed E-state index contributed by atoms with van der Waals surface area (Å²) in [6.45, 7) is 0. The third-order valence-electron chi connectivity index (χ3n) is 5.26. The highest BCUT2D eigenvalue weighted by Crippen LogP contribution is 2.19. The van der Waals surface area contributed by atoms with Crippen LogP contribution in [0.25, 0.3) is 10.9 Å². The minimum atomic E-state index is -0.815. The number of aromatic nitrogens is 1. The van der Waals surface area contributed by atoms with Crippen molar-refractivity contribution in [3.8, 4) is 5.75 Å². The molecule has 0 saturated carbocycles. The van der Waals surface area contributed by atoms with Crippen molar-refractivity contribution < 1.29 is 14.3 Å². The fraction of sp³-hybridized carbons (Fsp3) is 0.115. The number of para-hydroxylation sites is 1. The fourth-order valence-electron chi connectivity index (χ4n) is 3.50. The summed E-state index contributed by atoms with van der Waals surface area (Å²) in [5, 5.41) is 7.92. The van der Waals surface area contributed by atoms with E-state index in [9.17, 15) is 9.59 Å². The third-order valence-corrected chi connectivity index (χ3v) is 5.26. The van der Waals surface area contributed by atoms with E-state index in [1.54, 1.807) is 37.6 Å². The van der Waals surface area contributed by atoms with Crippen LogP contribution in [0.5, 0.6) is 5.75 Å².